The lowest BCUT2D eigenvalue weighted by atomic mass is 9.94. The van der Waals surface area contributed by atoms with Crippen LogP contribution >= 0.6 is 0 Å². The lowest BCUT2D eigenvalue weighted by Crippen LogP contribution is -1.93. The minimum atomic E-state index is 0.462. The van der Waals surface area contributed by atoms with Gasteiger partial charge >= 0.3 is 0 Å². The van der Waals surface area contributed by atoms with Gasteiger partial charge in [0.1, 0.15) is 0 Å². The summed E-state index contributed by atoms with van der Waals surface area (Å²) in [5.74, 6) is 0.462. The standard InChI is InChI=1S/C43H31N3/c1-27(2)28-16-19-40-38(24-28)39-26-32(17-20-41(39)46(40)33-11-4-3-5-12-33)30-10-8-9-29(23-30)31-15-18-36-37(25-31)34-13-6-7-14-35(34)42-43(36)45-22-21-44-42/h3-27H,1-2H3. The molecule has 3 nitrogen and oxygen atoms in total. The maximum atomic E-state index is 4.73. The summed E-state index contributed by atoms with van der Waals surface area (Å²) in [6.07, 6.45) is 3.56. The van der Waals surface area contributed by atoms with E-state index in [4.69, 9.17) is 9.97 Å². The van der Waals surface area contributed by atoms with Crippen LogP contribution in [0.1, 0.15) is 25.3 Å². The second-order valence-corrected chi connectivity index (χ2v) is 12.5. The van der Waals surface area contributed by atoms with Gasteiger partial charge in [0.25, 0.3) is 0 Å². The predicted molar refractivity (Wildman–Crippen MR) is 194 cm³/mol. The molecule has 0 aliphatic heterocycles. The largest absolute Gasteiger partial charge is 0.309 e. The Morgan fingerprint density at radius 2 is 1.00 bits per heavy atom. The molecule has 46 heavy (non-hydrogen) atoms. The Morgan fingerprint density at radius 3 is 1.72 bits per heavy atom. The molecule has 0 N–H and O–H groups in total. The number of nitrogens with zero attached hydrogens (tertiary/aromatic N) is 3. The van der Waals surface area contributed by atoms with Gasteiger partial charge in [-0.15, -0.1) is 0 Å². The Morgan fingerprint density at radius 1 is 0.435 bits per heavy atom. The first-order chi connectivity index (χ1) is 22.6. The lowest BCUT2D eigenvalue weighted by molar-refractivity contribution is 0.868. The lowest BCUT2D eigenvalue weighted by Gasteiger charge is -2.12. The molecule has 0 saturated carbocycles. The van der Waals surface area contributed by atoms with E-state index >= 15 is 0 Å². The van der Waals surface area contributed by atoms with Crippen molar-refractivity contribution in [2.45, 2.75) is 19.8 Å². The molecule has 218 valence electrons. The van der Waals surface area contributed by atoms with Crippen LogP contribution in [-0.4, -0.2) is 14.5 Å². The molecule has 2 aromatic heterocycles. The van der Waals surface area contributed by atoms with Crippen molar-refractivity contribution < 1.29 is 0 Å². The summed E-state index contributed by atoms with van der Waals surface area (Å²) in [4.78, 5) is 9.43. The summed E-state index contributed by atoms with van der Waals surface area (Å²) in [7, 11) is 0. The molecule has 0 aliphatic rings. The van der Waals surface area contributed by atoms with Crippen molar-refractivity contribution in [2.75, 3.05) is 0 Å². The number of hydrogen-bond acceptors (Lipinski definition) is 2. The van der Waals surface area contributed by atoms with Crippen molar-refractivity contribution in [3.05, 3.63) is 151 Å². The highest BCUT2D eigenvalue weighted by atomic mass is 15.0. The van der Waals surface area contributed by atoms with Crippen LogP contribution in [0.4, 0.5) is 0 Å². The fourth-order valence-electron chi connectivity index (χ4n) is 7.12. The third-order valence-electron chi connectivity index (χ3n) is 9.44. The zero-order chi connectivity index (χ0) is 30.8. The maximum Gasteiger partial charge on any atom is 0.0971 e. The van der Waals surface area contributed by atoms with E-state index in [2.05, 4.69) is 152 Å². The Hall–Kier alpha value is -5.80. The Labute approximate surface area is 267 Å². The first-order valence-electron chi connectivity index (χ1n) is 15.9. The first-order valence-corrected chi connectivity index (χ1v) is 15.9. The van der Waals surface area contributed by atoms with E-state index < -0.39 is 0 Å². The summed E-state index contributed by atoms with van der Waals surface area (Å²) in [5.41, 5.74) is 11.7. The van der Waals surface area contributed by atoms with Gasteiger partial charge in [-0.3, -0.25) is 9.97 Å². The minimum absolute atomic E-state index is 0.462. The molecule has 0 atom stereocenters. The number of rotatable bonds is 4. The average molecular weight is 590 g/mol. The van der Waals surface area contributed by atoms with Crippen LogP contribution in [0.15, 0.2) is 146 Å². The van der Waals surface area contributed by atoms with E-state index in [0.29, 0.717) is 5.92 Å². The molecule has 0 spiro atoms. The van der Waals surface area contributed by atoms with Gasteiger partial charge in [0.05, 0.1) is 22.1 Å². The van der Waals surface area contributed by atoms with Gasteiger partial charge in [-0.25, -0.2) is 0 Å². The molecular formula is C43H31N3. The van der Waals surface area contributed by atoms with E-state index in [9.17, 15) is 0 Å². The van der Waals surface area contributed by atoms with E-state index in [0.717, 1.165) is 21.8 Å². The fraction of sp³-hybridized carbons (Fsp3) is 0.0698. The second kappa shape index (κ2) is 10.4. The van der Waals surface area contributed by atoms with Crippen LogP contribution in [0.2, 0.25) is 0 Å². The van der Waals surface area contributed by atoms with E-state index in [1.165, 1.54) is 66.1 Å². The van der Waals surface area contributed by atoms with Gasteiger partial charge in [0.2, 0.25) is 0 Å². The molecule has 0 saturated heterocycles. The molecular weight excluding hydrogens is 558 g/mol. The van der Waals surface area contributed by atoms with Crippen LogP contribution in [0, 0.1) is 0 Å². The minimum Gasteiger partial charge on any atom is -0.309 e. The number of hydrogen-bond donors (Lipinski definition) is 0. The summed E-state index contributed by atoms with van der Waals surface area (Å²) in [6, 6.07) is 48.7. The number of para-hydroxylation sites is 1. The van der Waals surface area contributed by atoms with Crippen molar-refractivity contribution in [2.24, 2.45) is 0 Å². The highest BCUT2D eigenvalue weighted by Crippen LogP contribution is 2.39. The molecule has 2 heterocycles. The summed E-state index contributed by atoms with van der Waals surface area (Å²) >= 11 is 0. The predicted octanol–water partition coefficient (Wildman–Crippen LogP) is 11.5. The number of aromatic nitrogens is 3. The zero-order valence-corrected chi connectivity index (χ0v) is 25.8. The van der Waals surface area contributed by atoms with Crippen molar-refractivity contribution in [1.29, 1.82) is 0 Å². The number of benzene rings is 7. The third kappa shape index (κ3) is 4.13. The zero-order valence-electron chi connectivity index (χ0n) is 25.8. The second-order valence-electron chi connectivity index (χ2n) is 12.5. The number of fused-ring (bicyclic) bond motifs is 9. The molecule has 0 amide bonds. The topological polar surface area (TPSA) is 30.7 Å². The Balaban J connectivity index is 1.21. The van der Waals surface area contributed by atoms with Crippen molar-refractivity contribution >= 4 is 54.4 Å². The molecule has 0 aliphatic carbocycles. The third-order valence-corrected chi connectivity index (χ3v) is 9.44. The smallest absolute Gasteiger partial charge is 0.0971 e. The van der Waals surface area contributed by atoms with E-state index in [-0.39, 0.29) is 0 Å². The van der Waals surface area contributed by atoms with Crippen molar-refractivity contribution in [3.8, 4) is 27.9 Å². The highest BCUT2D eigenvalue weighted by molar-refractivity contribution is 6.23. The maximum absolute atomic E-state index is 4.73. The van der Waals surface area contributed by atoms with Gasteiger partial charge in [-0.2, -0.15) is 0 Å². The monoisotopic (exact) mass is 589 g/mol. The van der Waals surface area contributed by atoms with Gasteiger partial charge in [-0.1, -0.05) is 98.8 Å². The van der Waals surface area contributed by atoms with E-state index in [1.807, 2.05) is 0 Å². The molecule has 9 rings (SSSR count). The summed E-state index contributed by atoms with van der Waals surface area (Å²) in [5, 5.41) is 7.22. The molecule has 3 heteroatoms. The Bertz CT molecular complexity index is 2580. The van der Waals surface area contributed by atoms with Crippen molar-refractivity contribution in [3.63, 3.8) is 0 Å². The normalized spacial score (nSPS) is 11.9. The molecule has 7 aromatic carbocycles. The average Bonchev–Trinajstić information content (AvgIpc) is 3.45. The highest BCUT2D eigenvalue weighted by Gasteiger charge is 2.16. The van der Waals surface area contributed by atoms with E-state index in [1.54, 1.807) is 12.4 Å². The van der Waals surface area contributed by atoms with Crippen LogP contribution in [0.3, 0.4) is 0 Å². The first kappa shape index (κ1) is 26.6. The van der Waals surface area contributed by atoms with Gasteiger partial charge < -0.3 is 4.57 Å². The van der Waals surface area contributed by atoms with Gasteiger partial charge in [0.15, 0.2) is 0 Å². The fourth-order valence-corrected chi connectivity index (χ4v) is 7.12. The molecule has 0 radical (unpaired) electrons. The summed E-state index contributed by atoms with van der Waals surface area (Å²) in [6.45, 7) is 4.53. The van der Waals surface area contributed by atoms with Gasteiger partial charge in [0, 0.05) is 39.6 Å². The van der Waals surface area contributed by atoms with Crippen LogP contribution in [0.25, 0.3) is 82.3 Å². The van der Waals surface area contributed by atoms with Gasteiger partial charge in [-0.05, 0) is 93.0 Å². The van der Waals surface area contributed by atoms with Crippen LogP contribution < -0.4 is 0 Å². The van der Waals surface area contributed by atoms with Crippen LogP contribution in [0.5, 0.6) is 0 Å². The molecule has 0 unspecified atom stereocenters. The molecule has 0 bridgehead atoms. The van der Waals surface area contributed by atoms with Crippen LogP contribution in [-0.2, 0) is 0 Å². The van der Waals surface area contributed by atoms with Crippen molar-refractivity contribution in [1.82, 2.24) is 14.5 Å². The quantitative estimate of drug-likeness (QED) is 0.191. The molecule has 0 fully saturated rings. The Kier molecular flexibility index (Phi) is 6.01. The molecule has 9 aromatic rings. The summed E-state index contributed by atoms with van der Waals surface area (Å²) < 4.78 is 2.39. The SMILES string of the molecule is CC(C)c1ccc2c(c1)c1cc(-c3cccc(-c4ccc5c(c4)c4ccccc4c4nccnc54)c3)ccc1n2-c1ccccc1.